The average molecular weight is 504 g/mol. The maximum Gasteiger partial charge on any atom is 0.242 e. The van der Waals surface area contributed by atoms with Gasteiger partial charge in [0.15, 0.2) is 0 Å². The van der Waals surface area contributed by atoms with Crippen LogP contribution >= 0.6 is 34.8 Å². The molecule has 2 amide bonds. The van der Waals surface area contributed by atoms with Crippen LogP contribution in [0, 0.1) is 0 Å². The lowest BCUT2D eigenvalue weighted by Gasteiger charge is -2.31. The van der Waals surface area contributed by atoms with Crippen molar-refractivity contribution in [3.05, 3.63) is 105 Å². The van der Waals surface area contributed by atoms with Gasteiger partial charge in [0.1, 0.15) is 6.04 Å². The number of rotatable bonds is 9. The fraction of sp³-hybridized carbons (Fsp3) is 0.231. The molecule has 7 heteroatoms. The lowest BCUT2D eigenvalue weighted by molar-refractivity contribution is -0.141. The number of nitrogens with zero attached hydrogens (tertiary/aromatic N) is 1. The fourth-order valence-corrected chi connectivity index (χ4v) is 4.19. The highest BCUT2D eigenvalue weighted by Gasteiger charge is 2.29. The summed E-state index contributed by atoms with van der Waals surface area (Å²) in [6, 6.07) is 21.6. The van der Waals surface area contributed by atoms with Crippen LogP contribution in [-0.2, 0) is 29.0 Å². The molecule has 4 nitrogen and oxygen atoms in total. The van der Waals surface area contributed by atoms with Crippen LogP contribution in [-0.4, -0.2) is 29.8 Å². The first kappa shape index (κ1) is 25.1. The monoisotopic (exact) mass is 502 g/mol. The Kier molecular flexibility index (Phi) is 9.19. The summed E-state index contributed by atoms with van der Waals surface area (Å²) in [6.45, 7) is 0.225. The molecule has 1 unspecified atom stereocenters. The van der Waals surface area contributed by atoms with Gasteiger partial charge in [-0.2, -0.15) is 0 Å². The Hall–Kier alpha value is -2.53. The van der Waals surface area contributed by atoms with Gasteiger partial charge in [-0.05, 0) is 41.3 Å². The molecule has 0 aromatic heterocycles. The van der Waals surface area contributed by atoms with E-state index in [1.165, 1.54) is 0 Å². The molecule has 1 N–H and O–H groups in total. The zero-order chi connectivity index (χ0) is 23.8. The number of carbonyl (C=O) groups is 2. The number of benzene rings is 3. The molecule has 3 aromatic rings. The van der Waals surface area contributed by atoms with Gasteiger partial charge in [0.2, 0.25) is 11.8 Å². The van der Waals surface area contributed by atoms with Crippen LogP contribution in [0.4, 0.5) is 0 Å². The second kappa shape index (κ2) is 12.1. The lowest BCUT2D eigenvalue weighted by atomic mass is 10.0. The molecule has 0 heterocycles. The maximum atomic E-state index is 13.5. The number of carbonyl (C=O) groups excluding carboxylic acids is 2. The summed E-state index contributed by atoms with van der Waals surface area (Å²) in [5.74, 6) is -0.379. The molecule has 33 heavy (non-hydrogen) atoms. The van der Waals surface area contributed by atoms with E-state index < -0.39 is 6.04 Å². The molecule has 0 spiro atoms. The predicted octanol–water partition coefficient (Wildman–Crippen LogP) is 5.97. The highest BCUT2D eigenvalue weighted by atomic mass is 35.5. The summed E-state index contributed by atoms with van der Waals surface area (Å²) < 4.78 is 0. The minimum atomic E-state index is -0.689. The van der Waals surface area contributed by atoms with E-state index in [4.69, 9.17) is 34.8 Å². The van der Waals surface area contributed by atoms with E-state index in [-0.39, 0.29) is 24.8 Å². The SMILES string of the molecule is CNC(=O)C(Cc1ccccc1)N(Cc1ccc(Cl)c(Cl)c1)C(=O)CCc1ccccc1Cl. The zero-order valence-electron chi connectivity index (χ0n) is 18.2. The van der Waals surface area contributed by atoms with Crippen molar-refractivity contribution in [3.63, 3.8) is 0 Å². The van der Waals surface area contributed by atoms with Gasteiger partial charge in [0.05, 0.1) is 10.0 Å². The summed E-state index contributed by atoms with van der Waals surface area (Å²) in [6.07, 6.45) is 1.08. The van der Waals surface area contributed by atoms with Gasteiger partial charge < -0.3 is 10.2 Å². The minimum absolute atomic E-state index is 0.148. The molecular formula is C26H25Cl3N2O2. The van der Waals surface area contributed by atoms with E-state index in [0.29, 0.717) is 27.9 Å². The first-order valence-electron chi connectivity index (χ1n) is 10.6. The summed E-state index contributed by atoms with van der Waals surface area (Å²) in [7, 11) is 1.58. The highest BCUT2D eigenvalue weighted by Crippen LogP contribution is 2.25. The molecule has 0 aliphatic rings. The van der Waals surface area contributed by atoms with Crippen LogP contribution in [0.25, 0.3) is 0 Å². The van der Waals surface area contributed by atoms with Crippen LogP contribution in [0.1, 0.15) is 23.1 Å². The third kappa shape index (κ3) is 6.97. The summed E-state index contributed by atoms with van der Waals surface area (Å²) in [5.41, 5.74) is 2.64. The Balaban J connectivity index is 1.90. The van der Waals surface area contributed by atoms with E-state index >= 15 is 0 Å². The van der Waals surface area contributed by atoms with E-state index in [2.05, 4.69) is 5.32 Å². The molecule has 0 radical (unpaired) electrons. The normalized spacial score (nSPS) is 11.6. The molecule has 0 bridgehead atoms. The summed E-state index contributed by atoms with van der Waals surface area (Å²) in [5, 5.41) is 4.16. The molecule has 0 saturated heterocycles. The van der Waals surface area contributed by atoms with Crippen molar-refractivity contribution in [2.45, 2.75) is 31.8 Å². The zero-order valence-corrected chi connectivity index (χ0v) is 20.5. The van der Waals surface area contributed by atoms with E-state index in [9.17, 15) is 9.59 Å². The van der Waals surface area contributed by atoms with Gasteiger partial charge in [0, 0.05) is 31.5 Å². The van der Waals surface area contributed by atoms with Crippen molar-refractivity contribution in [2.75, 3.05) is 7.05 Å². The standard InChI is InChI=1S/C26H25Cl3N2O2/c1-30-26(33)24(16-18-7-3-2-4-8-18)31(17-19-11-13-22(28)23(29)15-19)25(32)14-12-20-9-5-6-10-21(20)27/h2-11,13,15,24H,12,14,16-17H2,1H3,(H,30,33). The first-order chi connectivity index (χ1) is 15.9. The van der Waals surface area contributed by atoms with Crippen molar-refractivity contribution in [1.82, 2.24) is 10.2 Å². The number of hydrogen-bond acceptors (Lipinski definition) is 2. The molecule has 1 atom stereocenters. The van der Waals surface area contributed by atoms with Crippen LogP contribution in [0.5, 0.6) is 0 Å². The first-order valence-corrected chi connectivity index (χ1v) is 11.7. The second-order valence-electron chi connectivity index (χ2n) is 7.68. The Morgan fingerprint density at radius 1 is 0.848 bits per heavy atom. The predicted molar refractivity (Wildman–Crippen MR) is 135 cm³/mol. The number of aryl methyl sites for hydroxylation is 1. The quantitative estimate of drug-likeness (QED) is 0.391. The largest absolute Gasteiger partial charge is 0.357 e. The molecule has 0 fully saturated rings. The van der Waals surface area contributed by atoms with E-state index in [0.717, 1.165) is 16.7 Å². The van der Waals surface area contributed by atoms with Crippen molar-refractivity contribution in [3.8, 4) is 0 Å². The molecule has 0 aliphatic carbocycles. The fourth-order valence-electron chi connectivity index (χ4n) is 3.64. The number of likely N-dealkylation sites (N-methyl/N-ethyl adjacent to an activating group) is 1. The molecule has 3 rings (SSSR count). The molecule has 3 aromatic carbocycles. The second-order valence-corrected chi connectivity index (χ2v) is 8.90. The molecule has 172 valence electrons. The van der Waals surface area contributed by atoms with Gasteiger partial charge in [-0.25, -0.2) is 0 Å². The van der Waals surface area contributed by atoms with Gasteiger partial charge in [0.25, 0.3) is 0 Å². The lowest BCUT2D eigenvalue weighted by Crippen LogP contribution is -2.49. The van der Waals surface area contributed by atoms with E-state index in [1.54, 1.807) is 30.1 Å². The Labute approximate surface area is 209 Å². The number of halogens is 3. The van der Waals surface area contributed by atoms with E-state index in [1.807, 2.05) is 54.6 Å². The van der Waals surface area contributed by atoms with Crippen molar-refractivity contribution < 1.29 is 9.59 Å². The van der Waals surface area contributed by atoms with Gasteiger partial charge in [-0.15, -0.1) is 0 Å². The molecule has 0 aliphatic heterocycles. The summed E-state index contributed by atoms with van der Waals surface area (Å²) >= 11 is 18.5. The maximum absolute atomic E-state index is 13.5. The highest BCUT2D eigenvalue weighted by molar-refractivity contribution is 6.42. The Morgan fingerprint density at radius 3 is 2.21 bits per heavy atom. The molecule has 0 saturated carbocycles. The van der Waals surface area contributed by atoms with Crippen molar-refractivity contribution in [2.24, 2.45) is 0 Å². The van der Waals surface area contributed by atoms with Gasteiger partial charge in [-0.1, -0.05) is 89.4 Å². The smallest absolute Gasteiger partial charge is 0.242 e. The Morgan fingerprint density at radius 2 is 1.55 bits per heavy atom. The van der Waals surface area contributed by atoms with Gasteiger partial charge >= 0.3 is 0 Å². The van der Waals surface area contributed by atoms with Crippen molar-refractivity contribution in [1.29, 1.82) is 0 Å². The molecular weight excluding hydrogens is 479 g/mol. The third-order valence-corrected chi connectivity index (χ3v) is 6.53. The topological polar surface area (TPSA) is 49.4 Å². The number of nitrogens with one attached hydrogen (secondary N) is 1. The van der Waals surface area contributed by atoms with Gasteiger partial charge in [-0.3, -0.25) is 9.59 Å². The van der Waals surface area contributed by atoms with Crippen LogP contribution in [0.3, 0.4) is 0 Å². The Bertz CT molecular complexity index is 1110. The average Bonchev–Trinajstić information content (AvgIpc) is 2.83. The van der Waals surface area contributed by atoms with Crippen molar-refractivity contribution >= 4 is 46.6 Å². The number of amides is 2. The van der Waals surface area contributed by atoms with Crippen LogP contribution < -0.4 is 5.32 Å². The minimum Gasteiger partial charge on any atom is -0.357 e. The summed E-state index contributed by atoms with van der Waals surface area (Å²) in [4.78, 5) is 28.0. The van der Waals surface area contributed by atoms with Crippen LogP contribution in [0.15, 0.2) is 72.8 Å². The number of hydrogen-bond donors (Lipinski definition) is 1. The third-order valence-electron chi connectivity index (χ3n) is 5.42. The van der Waals surface area contributed by atoms with Crippen LogP contribution in [0.2, 0.25) is 15.1 Å².